The van der Waals surface area contributed by atoms with Crippen LogP contribution in [0.5, 0.6) is 0 Å². The fraction of sp³-hybridized carbons (Fsp3) is 0.400. The lowest BCUT2D eigenvalue weighted by Gasteiger charge is -2.17. The Morgan fingerprint density at radius 3 is 2.91 bits per heavy atom. The van der Waals surface area contributed by atoms with Crippen molar-refractivity contribution < 1.29 is 23.5 Å². The number of hydrogen-bond acceptors (Lipinski definition) is 4. The van der Waals surface area contributed by atoms with Gasteiger partial charge in [0.2, 0.25) is 5.91 Å². The number of rotatable bonds is 5. The first kappa shape index (κ1) is 16.7. The van der Waals surface area contributed by atoms with Crippen molar-refractivity contribution in [3.63, 3.8) is 0 Å². The van der Waals surface area contributed by atoms with Crippen molar-refractivity contribution in [1.82, 2.24) is 10.6 Å². The summed E-state index contributed by atoms with van der Waals surface area (Å²) < 4.78 is 17.9. The zero-order valence-corrected chi connectivity index (χ0v) is 12.7. The summed E-state index contributed by atoms with van der Waals surface area (Å²) in [6.45, 7) is 1.91. The number of anilines is 1. The molecule has 2 rings (SSSR count). The first-order valence-corrected chi connectivity index (χ1v) is 7.25. The van der Waals surface area contributed by atoms with Gasteiger partial charge in [-0.1, -0.05) is 6.07 Å². The average molecular weight is 323 g/mol. The standard InChI is InChI=1S/C15H18FN3O4/c1-2-23-14(21)8-17-15(22)18-11-7-13(20)19(9-11)12-5-3-4-10(16)6-12/h3-6,11H,2,7-9H2,1H3,(H2,17,18,22). The quantitative estimate of drug-likeness (QED) is 0.784. The maximum atomic E-state index is 13.2. The molecule has 1 aliphatic rings. The third-order valence-electron chi connectivity index (χ3n) is 3.28. The number of esters is 1. The second kappa shape index (κ2) is 7.57. The van der Waals surface area contributed by atoms with Crippen LogP contribution in [0.4, 0.5) is 14.9 Å². The van der Waals surface area contributed by atoms with Crippen LogP contribution in [0.2, 0.25) is 0 Å². The summed E-state index contributed by atoms with van der Waals surface area (Å²) in [4.78, 5) is 36.2. The van der Waals surface area contributed by atoms with Crippen LogP contribution in [-0.2, 0) is 14.3 Å². The van der Waals surface area contributed by atoms with E-state index in [0.29, 0.717) is 5.69 Å². The van der Waals surface area contributed by atoms with Crippen molar-refractivity contribution in [2.75, 3.05) is 24.6 Å². The Hall–Kier alpha value is -2.64. The third-order valence-corrected chi connectivity index (χ3v) is 3.28. The lowest BCUT2D eigenvalue weighted by Crippen LogP contribution is -2.45. The van der Waals surface area contributed by atoms with Crippen LogP contribution < -0.4 is 15.5 Å². The summed E-state index contributed by atoms with van der Waals surface area (Å²) in [5.41, 5.74) is 0.450. The highest BCUT2D eigenvalue weighted by Gasteiger charge is 2.31. The monoisotopic (exact) mass is 323 g/mol. The van der Waals surface area contributed by atoms with E-state index in [1.807, 2.05) is 0 Å². The van der Waals surface area contributed by atoms with Gasteiger partial charge in [-0.2, -0.15) is 0 Å². The molecule has 3 amide bonds. The van der Waals surface area contributed by atoms with Crippen molar-refractivity contribution in [3.05, 3.63) is 30.1 Å². The summed E-state index contributed by atoms with van der Waals surface area (Å²) in [6, 6.07) is 4.74. The van der Waals surface area contributed by atoms with Crippen molar-refractivity contribution in [3.8, 4) is 0 Å². The number of carbonyl (C=O) groups is 3. The molecule has 1 atom stereocenters. The molecule has 1 fully saturated rings. The van der Waals surface area contributed by atoms with Gasteiger partial charge < -0.3 is 20.3 Å². The van der Waals surface area contributed by atoms with Crippen molar-refractivity contribution in [2.45, 2.75) is 19.4 Å². The molecule has 1 aromatic carbocycles. The summed E-state index contributed by atoms with van der Waals surface area (Å²) in [5.74, 6) is -1.17. The number of halogens is 1. The highest BCUT2D eigenvalue weighted by Crippen LogP contribution is 2.22. The highest BCUT2D eigenvalue weighted by molar-refractivity contribution is 5.96. The van der Waals surface area contributed by atoms with Gasteiger partial charge in [0, 0.05) is 18.7 Å². The first-order valence-electron chi connectivity index (χ1n) is 7.25. The molecule has 1 unspecified atom stereocenters. The van der Waals surface area contributed by atoms with Crippen LogP contribution >= 0.6 is 0 Å². The minimum atomic E-state index is -0.558. The summed E-state index contributed by atoms with van der Waals surface area (Å²) in [7, 11) is 0. The lowest BCUT2D eigenvalue weighted by atomic mass is 10.2. The first-order chi connectivity index (χ1) is 11.0. The fourth-order valence-electron chi connectivity index (χ4n) is 2.30. The zero-order valence-electron chi connectivity index (χ0n) is 12.7. The number of nitrogens with one attached hydrogen (secondary N) is 2. The van der Waals surface area contributed by atoms with Crippen LogP contribution in [0, 0.1) is 5.82 Å². The molecule has 124 valence electrons. The Labute approximate surface area is 132 Å². The topological polar surface area (TPSA) is 87.7 Å². The minimum Gasteiger partial charge on any atom is -0.465 e. The van der Waals surface area contributed by atoms with Gasteiger partial charge in [0.1, 0.15) is 12.4 Å². The van der Waals surface area contributed by atoms with E-state index in [1.165, 1.54) is 23.1 Å². The van der Waals surface area contributed by atoms with Gasteiger partial charge in [-0.3, -0.25) is 9.59 Å². The van der Waals surface area contributed by atoms with E-state index < -0.39 is 23.9 Å². The van der Waals surface area contributed by atoms with Crippen LogP contribution in [-0.4, -0.2) is 43.6 Å². The Morgan fingerprint density at radius 1 is 1.43 bits per heavy atom. The fourth-order valence-corrected chi connectivity index (χ4v) is 2.30. The molecule has 8 heteroatoms. The van der Waals surface area contributed by atoms with Crippen LogP contribution in [0.1, 0.15) is 13.3 Å². The van der Waals surface area contributed by atoms with Crippen molar-refractivity contribution in [1.29, 1.82) is 0 Å². The Kier molecular flexibility index (Phi) is 5.51. The predicted molar refractivity (Wildman–Crippen MR) is 80.3 cm³/mol. The SMILES string of the molecule is CCOC(=O)CNC(=O)NC1CC(=O)N(c2cccc(F)c2)C1. The largest absolute Gasteiger partial charge is 0.465 e. The smallest absolute Gasteiger partial charge is 0.325 e. The molecule has 7 nitrogen and oxygen atoms in total. The van der Waals surface area contributed by atoms with E-state index >= 15 is 0 Å². The molecule has 0 saturated carbocycles. The van der Waals surface area contributed by atoms with Crippen molar-refractivity contribution >= 4 is 23.6 Å². The molecule has 1 heterocycles. The molecule has 0 aromatic heterocycles. The Morgan fingerprint density at radius 2 is 2.22 bits per heavy atom. The molecule has 0 radical (unpaired) electrons. The highest BCUT2D eigenvalue weighted by atomic mass is 19.1. The van der Waals surface area contributed by atoms with Gasteiger partial charge in [-0.15, -0.1) is 0 Å². The number of urea groups is 1. The van der Waals surface area contributed by atoms with Crippen LogP contribution in [0.3, 0.4) is 0 Å². The normalized spacial score (nSPS) is 17.0. The number of nitrogens with zero attached hydrogens (tertiary/aromatic N) is 1. The van der Waals surface area contributed by atoms with Gasteiger partial charge >= 0.3 is 12.0 Å². The van der Waals surface area contributed by atoms with Gasteiger partial charge in [0.05, 0.1) is 12.6 Å². The third kappa shape index (κ3) is 4.67. The van der Waals surface area contributed by atoms with Gasteiger partial charge in [0.25, 0.3) is 0 Å². The molecule has 1 saturated heterocycles. The van der Waals surface area contributed by atoms with Gasteiger partial charge in [-0.05, 0) is 25.1 Å². The molecule has 1 aromatic rings. The zero-order chi connectivity index (χ0) is 16.8. The van der Waals surface area contributed by atoms with E-state index in [-0.39, 0.29) is 32.0 Å². The average Bonchev–Trinajstić information content (AvgIpc) is 2.86. The Bertz CT molecular complexity index is 608. The van der Waals surface area contributed by atoms with Crippen molar-refractivity contribution in [2.24, 2.45) is 0 Å². The molecule has 0 spiro atoms. The predicted octanol–water partition coefficient (Wildman–Crippen LogP) is 0.793. The summed E-state index contributed by atoms with van der Waals surface area (Å²) in [6.07, 6.45) is 0.114. The van der Waals surface area contributed by atoms with E-state index in [9.17, 15) is 18.8 Å². The molecule has 23 heavy (non-hydrogen) atoms. The second-order valence-electron chi connectivity index (χ2n) is 5.02. The van der Waals surface area contributed by atoms with Gasteiger partial charge in [-0.25, -0.2) is 9.18 Å². The van der Waals surface area contributed by atoms with Gasteiger partial charge in [0.15, 0.2) is 0 Å². The molecular weight excluding hydrogens is 305 g/mol. The maximum Gasteiger partial charge on any atom is 0.325 e. The van der Waals surface area contributed by atoms with E-state index in [4.69, 9.17) is 0 Å². The summed E-state index contributed by atoms with van der Waals surface area (Å²) >= 11 is 0. The van der Waals surface area contributed by atoms with E-state index in [2.05, 4.69) is 15.4 Å². The number of amides is 3. The number of hydrogen-bond donors (Lipinski definition) is 2. The molecular formula is C15H18FN3O4. The van der Waals surface area contributed by atoms with E-state index in [0.717, 1.165) is 0 Å². The van der Waals surface area contributed by atoms with Crippen LogP contribution in [0.25, 0.3) is 0 Å². The molecule has 0 bridgehead atoms. The second-order valence-corrected chi connectivity index (χ2v) is 5.02. The Balaban J connectivity index is 1.85. The minimum absolute atomic E-state index is 0.114. The number of ether oxygens (including phenoxy) is 1. The molecule has 1 aliphatic heterocycles. The van der Waals surface area contributed by atoms with Crippen LogP contribution in [0.15, 0.2) is 24.3 Å². The maximum absolute atomic E-state index is 13.2. The molecule has 2 N–H and O–H groups in total. The molecule has 0 aliphatic carbocycles. The lowest BCUT2D eigenvalue weighted by molar-refractivity contribution is -0.141. The number of benzene rings is 1. The van der Waals surface area contributed by atoms with E-state index in [1.54, 1.807) is 13.0 Å². The number of carbonyl (C=O) groups excluding carboxylic acids is 3. The summed E-state index contributed by atoms with van der Waals surface area (Å²) in [5, 5.41) is 4.97.